The van der Waals surface area contributed by atoms with E-state index >= 15 is 0 Å². The van der Waals surface area contributed by atoms with E-state index in [1.165, 1.54) is 0 Å². The van der Waals surface area contributed by atoms with Gasteiger partial charge in [-0.2, -0.15) is 0 Å². The van der Waals surface area contributed by atoms with Crippen LogP contribution in [-0.4, -0.2) is 19.1 Å². The Morgan fingerprint density at radius 2 is 2.16 bits per heavy atom. The van der Waals surface area contributed by atoms with E-state index in [1.54, 1.807) is 0 Å². The zero-order valence-electron chi connectivity index (χ0n) is 11.7. The molecular weight excluding hydrogens is 240 g/mol. The Balaban J connectivity index is 2.14. The van der Waals surface area contributed by atoms with Gasteiger partial charge in [0.05, 0.1) is 12.0 Å². The van der Waals surface area contributed by atoms with Crippen molar-refractivity contribution in [3.63, 3.8) is 0 Å². The minimum Gasteiger partial charge on any atom is -0.493 e. The fourth-order valence-electron chi connectivity index (χ4n) is 2.48. The van der Waals surface area contributed by atoms with Crippen molar-refractivity contribution in [1.82, 2.24) is 0 Å². The summed E-state index contributed by atoms with van der Waals surface area (Å²) in [5.41, 5.74) is 7.31. The van der Waals surface area contributed by atoms with E-state index in [0.717, 1.165) is 42.9 Å². The lowest BCUT2D eigenvalue weighted by Gasteiger charge is -2.28. The van der Waals surface area contributed by atoms with E-state index in [4.69, 9.17) is 10.5 Å². The molecule has 104 valence electrons. The molecular formula is C15H22N2O2. The molecule has 0 aromatic heterocycles. The normalized spacial score (nSPS) is 13.8. The van der Waals surface area contributed by atoms with Crippen molar-refractivity contribution in [2.75, 3.05) is 18.5 Å². The molecule has 4 heteroatoms. The number of amides is 1. The molecule has 0 radical (unpaired) electrons. The van der Waals surface area contributed by atoms with Crippen molar-refractivity contribution in [2.24, 2.45) is 11.1 Å². The van der Waals surface area contributed by atoms with Crippen molar-refractivity contribution in [2.45, 2.75) is 33.1 Å². The number of benzene rings is 1. The number of rotatable bonds is 5. The Bertz CT molecular complexity index is 459. The fraction of sp³-hybridized carbons (Fsp3) is 0.533. The Hall–Kier alpha value is -1.55. The van der Waals surface area contributed by atoms with E-state index in [-0.39, 0.29) is 5.91 Å². The first-order valence-corrected chi connectivity index (χ1v) is 6.92. The van der Waals surface area contributed by atoms with Gasteiger partial charge in [0.25, 0.3) is 0 Å². The summed E-state index contributed by atoms with van der Waals surface area (Å²) >= 11 is 0. The largest absolute Gasteiger partial charge is 0.493 e. The van der Waals surface area contributed by atoms with Crippen molar-refractivity contribution >= 4 is 11.6 Å². The van der Waals surface area contributed by atoms with Crippen LogP contribution in [0.4, 0.5) is 5.69 Å². The summed E-state index contributed by atoms with van der Waals surface area (Å²) in [6.45, 7) is 5.11. The van der Waals surface area contributed by atoms with Crippen LogP contribution in [-0.2, 0) is 11.2 Å². The molecule has 0 aliphatic carbocycles. The monoisotopic (exact) mass is 262 g/mol. The third kappa shape index (κ3) is 2.59. The van der Waals surface area contributed by atoms with Crippen LogP contribution in [0.15, 0.2) is 18.2 Å². The van der Waals surface area contributed by atoms with E-state index in [2.05, 4.69) is 5.32 Å². The van der Waals surface area contributed by atoms with Gasteiger partial charge in [0, 0.05) is 18.7 Å². The van der Waals surface area contributed by atoms with Gasteiger partial charge in [-0.1, -0.05) is 13.8 Å². The van der Waals surface area contributed by atoms with Crippen molar-refractivity contribution in [1.29, 1.82) is 0 Å². The number of fused-ring (bicyclic) bond motifs is 1. The van der Waals surface area contributed by atoms with Crippen molar-refractivity contribution in [3.8, 4) is 5.75 Å². The highest BCUT2D eigenvalue weighted by Crippen LogP contribution is 2.30. The number of nitrogens with two attached hydrogens (primary N) is 1. The molecule has 0 fully saturated rings. The zero-order chi connectivity index (χ0) is 13.9. The van der Waals surface area contributed by atoms with Crippen molar-refractivity contribution in [3.05, 3.63) is 23.8 Å². The highest BCUT2D eigenvalue weighted by molar-refractivity contribution is 5.95. The van der Waals surface area contributed by atoms with Crippen LogP contribution in [0.25, 0.3) is 0 Å². The molecule has 0 atom stereocenters. The highest BCUT2D eigenvalue weighted by Gasteiger charge is 2.33. The van der Waals surface area contributed by atoms with E-state index < -0.39 is 5.41 Å². The number of carbonyl (C=O) groups is 1. The molecule has 0 unspecified atom stereocenters. The number of nitrogens with one attached hydrogen (secondary N) is 1. The Labute approximate surface area is 114 Å². The standard InChI is InChI=1S/C15H22N2O2/c1-3-15(4-2,10-16)14(18)17-12-5-6-13-11(9-12)7-8-19-13/h5-6,9H,3-4,7-8,10,16H2,1-2H3,(H,17,18). The number of carbonyl (C=O) groups excluding carboxylic acids is 1. The maximum Gasteiger partial charge on any atom is 0.231 e. The van der Waals surface area contributed by atoms with E-state index in [9.17, 15) is 4.79 Å². The lowest BCUT2D eigenvalue weighted by Crippen LogP contribution is -2.41. The Morgan fingerprint density at radius 1 is 1.42 bits per heavy atom. The van der Waals surface area contributed by atoms with Crippen LogP contribution >= 0.6 is 0 Å². The van der Waals surface area contributed by atoms with Gasteiger partial charge in [-0.25, -0.2) is 0 Å². The lowest BCUT2D eigenvalue weighted by atomic mass is 9.81. The minimum atomic E-state index is -0.463. The van der Waals surface area contributed by atoms with Gasteiger partial charge >= 0.3 is 0 Å². The van der Waals surface area contributed by atoms with Gasteiger partial charge in [-0.05, 0) is 36.6 Å². The van der Waals surface area contributed by atoms with E-state index in [0.29, 0.717) is 6.54 Å². The molecule has 1 heterocycles. The summed E-state index contributed by atoms with van der Waals surface area (Å²) in [5.74, 6) is 0.938. The molecule has 0 saturated heterocycles. The van der Waals surface area contributed by atoms with Gasteiger partial charge in [0.2, 0.25) is 5.91 Å². The van der Waals surface area contributed by atoms with Crippen LogP contribution in [0.5, 0.6) is 5.75 Å². The second kappa shape index (κ2) is 5.61. The summed E-state index contributed by atoms with van der Waals surface area (Å²) in [5, 5.41) is 2.99. The smallest absolute Gasteiger partial charge is 0.231 e. The van der Waals surface area contributed by atoms with Crippen LogP contribution in [0.2, 0.25) is 0 Å². The summed E-state index contributed by atoms with van der Waals surface area (Å²) in [6, 6.07) is 5.79. The van der Waals surface area contributed by atoms with Crippen LogP contribution in [0.3, 0.4) is 0 Å². The first-order valence-electron chi connectivity index (χ1n) is 6.92. The molecule has 0 bridgehead atoms. The minimum absolute atomic E-state index is 0.0128. The van der Waals surface area contributed by atoms with Gasteiger partial charge in [0.15, 0.2) is 0 Å². The quantitative estimate of drug-likeness (QED) is 0.856. The molecule has 0 saturated carbocycles. The fourth-order valence-corrected chi connectivity index (χ4v) is 2.48. The number of ether oxygens (including phenoxy) is 1. The molecule has 2 rings (SSSR count). The number of anilines is 1. The van der Waals surface area contributed by atoms with Gasteiger partial charge in [-0.15, -0.1) is 0 Å². The third-order valence-corrected chi connectivity index (χ3v) is 4.17. The predicted molar refractivity (Wildman–Crippen MR) is 76.3 cm³/mol. The number of hydrogen-bond donors (Lipinski definition) is 2. The second-order valence-electron chi connectivity index (χ2n) is 5.07. The maximum atomic E-state index is 12.4. The van der Waals surface area contributed by atoms with E-state index in [1.807, 2.05) is 32.0 Å². The summed E-state index contributed by atoms with van der Waals surface area (Å²) in [7, 11) is 0. The molecule has 1 aliphatic heterocycles. The lowest BCUT2D eigenvalue weighted by molar-refractivity contribution is -0.125. The average Bonchev–Trinajstić information content (AvgIpc) is 2.89. The SMILES string of the molecule is CCC(CC)(CN)C(=O)Nc1ccc2c(c1)CCO2. The predicted octanol–water partition coefficient (Wildman–Crippen LogP) is 2.33. The van der Waals surface area contributed by atoms with Gasteiger partial charge in [0.1, 0.15) is 5.75 Å². The molecule has 19 heavy (non-hydrogen) atoms. The summed E-state index contributed by atoms with van der Waals surface area (Å²) in [6.07, 6.45) is 2.41. The molecule has 3 N–H and O–H groups in total. The molecule has 1 aromatic carbocycles. The number of hydrogen-bond acceptors (Lipinski definition) is 3. The van der Waals surface area contributed by atoms with Gasteiger partial charge in [-0.3, -0.25) is 4.79 Å². The first-order chi connectivity index (χ1) is 9.15. The topological polar surface area (TPSA) is 64.4 Å². The van der Waals surface area contributed by atoms with Gasteiger partial charge < -0.3 is 15.8 Å². The first kappa shape index (κ1) is 13.9. The molecule has 1 aromatic rings. The third-order valence-electron chi connectivity index (χ3n) is 4.17. The summed E-state index contributed by atoms with van der Waals surface area (Å²) in [4.78, 5) is 12.4. The zero-order valence-corrected chi connectivity index (χ0v) is 11.7. The molecule has 1 amide bonds. The van der Waals surface area contributed by atoms with Crippen LogP contribution < -0.4 is 15.8 Å². The second-order valence-corrected chi connectivity index (χ2v) is 5.07. The molecule has 1 aliphatic rings. The van der Waals surface area contributed by atoms with Crippen LogP contribution in [0.1, 0.15) is 32.3 Å². The Kier molecular flexibility index (Phi) is 4.10. The maximum absolute atomic E-state index is 12.4. The van der Waals surface area contributed by atoms with Crippen molar-refractivity contribution < 1.29 is 9.53 Å². The highest BCUT2D eigenvalue weighted by atomic mass is 16.5. The Morgan fingerprint density at radius 3 is 2.79 bits per heavy atom. The molecule has 4 nitrogen and oxygen atoms in total. The average molecular weight is 262 g/mol. The molecule has 0 spiro atoms. The summed E-state index contributed by atoms with van der Waals surface area (Å²) < 4.78 is 5.46. The van der Waals surface area contributed by atoms with Crippen LogP contribution in [0, 0.1) is 5.41 Å².